The normalized spacial score (nSPS) is 10.8. The van der Waals surface area contributed by atoms with Crippen LogP contribution in [0.2, 0.25) is 0 Å². The second-order valence-corrected chi connectivity index (χ2v) is 6.77. The van der Waals surface area contributed by atoms with Gasteiger partial charge in [0.05, 0.1) is 0 Å². The van der Waals surface area contributed by atoms with Crippen LogP contribution in [0.15, 0.2) is 48.5 Å². The highest BCUT2D eigenvalue weighted by Gasteiger charge is 2.10. The minimum Gasteiger partial charge on any atom is -0.351 e. The van der Waals surface area contributed by atoms with E-state index >= 15 is 0 Å². The van der Waals surface area contributed by atoms with Crippen LogP contribution < -0.4 is 16.0 Å². The molecule has 0 saturated carbocycles. The van der Waals surface area contributed by atoms with E-state index in [0.717, 1.165) is 16.5 Å². The van der Waals surface area contributed by atoms with Gasteiger partial charge in [0, 0.05) is 30.2 Å². The Labute approximate surface area is 158 Å². The number of anilines is 1. The Bertz CT molecular complexity index is 958. The van der Waals surface area contributed by atoms with E-state index in [2.05, 4.69) is 46.9 Å². The second kappa shape index (κ2) is 7.95. The second-order valence-electron chi connectivity index (χ2n) is 6.77. The fourth-order valence-electron chi connectivity index (χ4n) is 2.80. The third-order valence-electron chi connectivity index (χ3n) is 4.45. The number of fused-ring (bicyclic) bond motifs is 1. The van der Waals surface area contributed by atoms with Crippen molar-refractivity contribution in [1.82, 2.24) is 15.6 Å². The van der Waals surface area contributed by atoms with E-state index in [0.29, 0.717) is 23.8 Å². The number of carbonyl (C=O) groups excluding carboxylic acids is 2. The van der Waals surface area contributed by atoms with Gasteiger partial charge in [-0.2, -0.15) is 0 Å². The van der Waals surface area contributed by atoms with E-state index < -0.39 is 0 Å². The topological polar surface area (TPSA) is 86.0 Å². The van der Waals surface area contributed by atoms with Crippen molar-refractivity contribution in [2.75, 3.05) is 12.4 Å². The molecule has 1 heterocycles. The minimum atomic E-state index is -0.268. The summed E-state index contributed by atoms with van der Waals surface area (Å²) in [6.07, 6.45) is 0. The number of rotatable bonds is 5. The molecule has 140 valence electrons. The quantitative estimate of drug-likeness (QED) is 0.552. The van der Waals surface area contributed by atoms with Crippen LogP contribution in [0.1, 0.15) is 41.4 Å². The molecule has 0 saturated heterocycles. The number of carbonyl (C=O) groups is 2. The van der Waals surface area contributed by atoms with Crippen molar-refractivity contribution in [2.45, 2.75) is 26.3 Å². The number of aromatic amines is 1. The zero-order valence-corrected chi connectivity index (χ0v) is 15.7. The van der Waals surface area contributed by atoms with Crippen molar-refractivity contribution >= 4 is 28.5 Å². The van der Waals surface area contributed by atoms with Crippen LogP contribution in [0, 0.1) is 0 Å². The van der Waals surface area contributed by atoms with Gasteiger partial charge in [-0.15, -0.1) is 0 Å². The number of nitrogens with one attached hydrogen (secondary N) is 4. The average molecular weight is 364 g/mol. The summed E-state index contributed by atoms with van der Waals surface area (Å²) in [5.41, 5.74) is 4.39. The number of hydrogen-bond acceptors (Lipinski definition) is 2. The predicted octanol–water partition coefficient (Wildman–Crippen LogP) is 3.97. The third kappa shape index (κ3) is 4.47. The predicted molar refractivity (Wildman–Crippen MR) is 108 cm³/mol. The molecule has 3 amide bonds. The lowest BCUT2D eigenvalue weighted by Gasteiger charge is -2.07. The fraction of sp³-hybridized carbons (Fsp3) is 0.238. The van der Waals surface area contributed by atoms with Crippen molar-refractivity contribution in [3.63, 3.8) is 0 Å². The Morgan fingerprint density at radius 3 is 2.44 bits per heavy atom. The number of amides is 3. The van der Waals surface area contributed by atoms with Gasteiger partial charge < -0.3 is 20.9 Å². The number of benzene rings is 2. The first-order valence-corrected chi connectivity index (χ1v) is 8.95. The van der Waals surface area contributed by atoms with E-state index in [-0.39, 0.29) is 11.9 Å². The minimum absolute atomic E-state index is 0.148. The molecular formula is C21H24N4O2. The van der Waals surface area contributed by atoms with Crippen molar-refractivity contribution in [2.24, 2.45) is 0 Å². The molecule has 27 heavy (non-hydrogen) atoms. The largest absolute Gasteiger partial charge is 0.351 e. The molecule has 0 spiro atoms. The van der Waals surface area contributed by atoms with Crippen molar-refractivity contribution in [3.8, 4) is 0 Å². The van der Waals surface area contributed by atoms with Crippen LogP contribution in [0.25, 0.3) is 10.9 Å². The summed E-state index contributed by atoms with van der Waals surface area (Å²) < 4.78 is 0. The monoisotopic (exact) mass is 364 g/mol. The fourth-order valence-corrected chi connectivity index (χ4v) is 2.80. The maximum absolute atomic E-state index is 12.5. The summed E-state index contributed by atoms with van der Waals surface area (Å²) in [7, 11) is 1.56. The molecule has 0 bridgehead atoms. The molecule has 3 rings (SSSR count). The van der Waals surface area contributed by atoms with Crippen LogP contribution in [0.3, 0.4) is 0 Å². The SMILES string of the molecule is CNC(=O)Nc1ccc(CNC(=O)c2cc3ccc(C(C)C)cc3[nH]2)cc1. The number of H-pyrrole nitrogens is 1. The van der Waals surface area contributed by atoms with E-state index in [9.17, 15) is 9.59 Å². The summed E-state index contributed by atoms with van der Waals surface area (Å²) in [5, 5.41) is 9.13. The molecule has 2 aromatic carbocycles. The molecule has 0 radical (unpaired) electrons. The Balaban J connectivity index is 1.63. The molecule has 1 aromatic heterocycles. The van der Waals surface area contributed by atoms with Crippen LogP contribution in [0.5, 0.6) is 0 Å². The molecular weight excluding hydrogens is 340 g/mol. The molecule has 0 aliphatic rings. The number of hydrogen-bond donors (Lipinski definition) is 4. The first kappa shape index (κ1) is 18.5. The smallest absolute Gasteiger partial charge is 0.318 e. The standard InChI is InChI=1S/C21H24N4O2/c1-13(2)15-6-7-16-11-19(25-18(16)10-15)20(26)23-12-14-4-8-17(9-5-14)24-21(27)22-3/h4-11,13,25H,12H2,1-3H3,(H,23,26)(H2,22,24,27). The molecule has 0 atom stereocenters. The highest BCUT2D eigenvalue weighted by atomic mass is 16.2. The zero-order valence-electron chi connectivity index (χ0n) is 15.7. The van der Waals surface area contributed by atoms with Gasteiger partial charge in [-0.3, -0.25) is 4.79 Å². The van der Waals surface area contributed by atoms with E-state index in [1.165, 1.54) is 5.56 Å². The molecule has 0 unspecified atom stereocenters. The summed E-state index contributed by atoms with van der Waals surface area (Å²) in [6.45, 7) is 4.70. The highest BCUT2D eigenvalue weighted by molar-refractivity contribution is 5.98. The maximum Gasteiger partial charge on any atom is 0.318 e. The van der Waals surface area contributed by atoms with E-state index in [4.69, 9.17) is 0 Å². The van der Waals surface area contributed by atoms with Crippen LogP contribution in [-0.2, 0) is 6.54 Å². The Morgan fingerprint density at radius 1 is 1.04 bits per heavy atom. The number of urea groups is 1. The molecule has 0 fully saturated rings. The lowest BCUT2D eigenvalue weighted by Crippen LogP contribution is -2.24. The van der Waals surface area contributed by atoms with Crippen molar-refractivity contribution in [3.05, 3.63) is 65.4 Å². The van der Waals surface area contributed by atoms with Crippen LogP contribution in [0.4, 0.5) is 10.5 Å². The average Bonchev–Trinajstić information content (AvgIpc) is 3.10. The van der Waals surface area contributed by atoms with Gasteiger partial charge in [0.1, 0.15) is 5.69 Å². The maximum atomic E-state index is 12.5. The zero-order chi connectivity index (χ0) is 19.4. The van der Waals surface area contributed by atoms with Gasteiger partial charge in [-0.25, -0.2) is 4.79 Å². The Morgan fingerprint density at radius 2 is 1.78 bits per heavy atom. The van der Waals surface area contributed by atoms with Gasteiger partial charge in [0.2, 0.25) is 0 Å². The van der Waals surface area contributed by atoms with E-state index in [1.54, 1.807) is 19.2 Å². The third-order valence-corrected chi connectivity index (χ3v) is 4.45. The van der Waals surface area contributed by atoms with Gasteiger partial charge in [0.25, 0.3) is 5.91 Å². The Hall–Kier alpha value is -3.28. The first-order chi connectivity index (χ1) is 13.0. The summed E-state index contributed by atoms with van der Waals surface area (Å²) in [4.78, 5) is 26.9. The van der Waals surface area contributed by atoms with Gasteiger partial charge in [0.15, 0.2) is 0 Å². The summed E-state index contributed by atoms with van der Waals surface area (Å²) >= 11 is 0. The van der Waals surface area contributed by atoms with Crippen LogP contribution in [-0.4, -0.2) is 24.0 Å². The summed E-state index contributed by atoms with van der Waals surface area (Å²) in [6, 6.07) is 15.2. The number of aromatic nitrogens is 1. The Kier molecular flexibility index (Phi) is 5.45. The molecule has 6 heteroatoms. The molecule has 3 aromatic rings. The van der Waals surface area contributed by atoms with Crippen LogP contribution >= 0.6 is 0 Å². The van der Waals surface area contributed by atoms with Gasteiger partial charge in [-0.05, 0) is 41.3 Å². The molecule has 6 nitrogen and oxygen atoms in total. The van der Waals surface area contributed by atoms with Crippen molar-refractivity contribution < 1.29 is 9.59 Å². The van der Waals surface area contributed by atoms with Gasteiger partial charge >= 0.3 is 6.03 Å². The lowest BCUT2D eigenvalue weighted by atomic mass is 10.0. The lowest BCUT2D eigenvalue weighted by molar-refractivity contribution is 0.0946. The molecule has 0 aliphatic heterocycles. The van der Waals surface area contributed by atoms with Crippen molar-refractivity contribution in [1.29, 1.82) is 0 Å². The summed E-state index contributed by atoms with van der Waals surface area (Å²) in [5.74, 6) is 0.292. The first-order valence-electron chi connectivity index (χ1n) is 8.95. The van der Waals surface area contributed by atoms with E-state index in [1.807, 2.05) is 24.3 Å². The van der Waals surface area contributed by atoms with Gasteiger partial charge in [-0.1, -0.05) is 38.1 Å². The molecule has 4 N–H and O–H groups in total. The molecule has 0 aliphatic carbocycles. The highest BCUT2D eigenvalue weighted by Crippen LogP contribution is 2.22.